The predicted octanol–water partition coefficient (Wildman–Crippen LogP) is 4.11. The molecule has 0 aromatic heterocycles. The lowest BCUT2D eigenvalue weighted by molar-refractivity contribution is -0.117. The quantitative estimate of drug-likeness (QED) is 0.609. The maximum Gasteiger partial charge on any atom is 0.271 e. The van der Waals surface area contributed by atoms with Gasteiger partial charge in [0.1, 0.15) is 0 Å². The molecule has 2 aromatic rings. The number of anilines is 1. The van der Waals surface area contributed by atoms with Crippen molar-refractivity contribution in [2.75, 3.05) is 5.32 Å². The summed E-state index contributed by atoms with van der Waals surface area (Å²) in [6, 6.07) is 11.8. The van der Waals surface area contributed by atoms with Crippen molar-refractivity contribution in [2.45, 2.75) is 12.8 Å². The minimum absolute atomic E-state index is 0.0280. The highest BCUT2D eigenvalue weighted by atomic mass is 35.5. The second-order valence-electron chi connectivity index (χ2n) is 5.68. The third kappa shape index (κ3) is 4.59. The molecule has 2 amide bonds. The number of benzene rings is 2. The van der Waals surface area contributed by atoms with Crippen LogP contribution in [0.1, 0.15) is 28.8 Å². The molecule has 0 unspecified atom stereocenters. The van der Waals surface area contributed by atoms with E-state index in [4.69, 9.17) is 23.2 Å². The van der Waals surface area contributed by atoms with Gasteiger partial charge in [-0.3, -0.25) is 9.59 Å². The highest BCUT2D eigenvalue weighted by molar-refractivity contribution is 6.43. The lowest BCUT2D eigenvalue weighted by Crippen LogP contribution is -2.18. The molecule has 1 aliphatic rings. The van der Waals surface area contributed by atoms with E-state index in [1.165, 1.54) is 6.21 Å². The van der Waals surface area contributed by atoms with Crippen LogP contribution in [0.5, 0.6) is 0 Å². The van der Waals surface area contributed by atoms with Crippen molar-refractivity contribution in [2.24, 2.45) is 11.0 Å². The van der Waals surface area contributed by atoms with E-state index < -0.39 is 0 Å². The Hall–Kier alpha value is -2.37. The summed E-state index contributed by atoms with van der Waals surface area (Å²) >= 11 is 12.0. The van der Waals surface area contributed by atoms with Gasteiger partial charge in [-0.05, 0) is 43.2 Å². The van der Waals surface area contributed by atoms with Crippen LogP contribution < -0.4 is 10.7 Å². The van der Waals surface area contributed by atoms with Crippen LogP contribution in [0.4, 0.5) is 5.69 Å². The van der Waals surface area contributed by atoms with E-state index in [1.54, 1.807) is 42.5 Å². The van der Waals surface area contributed by atoms with Crippen LogP contribution in [-0.2, 0) is 4.79 Å². The van der Waals surface area contributed by atoms with Crippen molar-refractivity contribution < 1.29 is 9.59 Å². The van der Waals surface area contributed by atoms with Gasteiger partial charge in [-0.1, -0.05) is 35.3 Å². The number of amides is 2. The van der Waals surface area contributed by atoms with E-state index in [9.17, 15) is 9.59 Å². The summed E-state index contributed by atoms with van der Waals surface area (Å²) in [6.45, 7) is 0. The summed E-state index contributed by atoms with van der Waals surface area (Å²) in [5, 5.41) is 7.49. The van der Waals surface area contributed by atoms with Gasteiger partial charge in [0.2, 0.25) is 5.91 Å². The molecule has 2 aromatic carbocycles. The number of hydrogen-bond acceptors (Lipinski definition) is 3. The number of nitrogens with zero attached hydrogens (tertiary/aromatic N) is 1. The number of rotatable bonds is 5. The average molecular weight is 376 g/mol. The van der Waals surface area contributed by atoms with E-state index in [2.05, 4.69) is 15.8 Å². The Morgan fingerprint density at radius 1 is 1.08 bits per heavy atom. The lowest BCUT2D eigenvalue weighted by atomic mass is 10.2. The summed E-state index contributed by atoms with van der Waals surface area (Å²) in [4.78, 5) is 23.8. The Kier molecular flexibility index (Phi) is 5.36. The van der Waals surface area contributed by atoms with Crippen LogP contribution in [0.2, 0.25) is 10.0 Å². The van der Waals surface area contributed by atoms with Crippen molar-refractivity contribution in [3.05, 3.63) is 63.6 Å². The lowest BCUT2D eigenvalue weighted by Gasteiger charge is -2.05. The third-order valence-corrected chi connectivity index (χ3v) is 4.55. The van der Waals surface area contributed by atoms with Crippen LogP contribution >= 0.6 is 23.2 Å². The maximum absolute atomic E-state index is 12.1. The minimum atomic E-state index is -0.366. The summed E-state index contributed by atoms with van der Waals surface area (Å²) in [7, 11) is 0. The summed E-state index contributed by atoms with van der Waals surface area (Å²) in [6.07, 6.45) is 3.32. The third-order valence-electron chi connectivity index (χ3n) is 3.71. The van der Waals surface area contributed by atoms with Gasteiger partial charge in [0.05, 0.1) is 16.3 Å². The Labute approximate surface area is 155 Å². The monoisotopic (exact) mass is 375 g/mol. The standard InChI is InChI=1S/C18H15Cl2N3O2/c19-15-3-1-2-13(16(15)20)10-21-23-18(25)12-6-8-14(9-7-12)22-17(24)11-4-5-11/h1-3,6-11H,4-5H2,(H,22,24)(H,23,25). The summed E-state index contributed by atoms with van der Waals surface area (Å²) in [5.74, 6) is -0.203. The Balaban J connectivity index is 1.58. The minimum Gasteiger partial charge on any atom is -0.326 e. The zero-order chi connectivity index (χ0) is 17.8. The van der Waals surface area contributed by atoms with Crippen LogP contribution in [0.25, 0.3) is 0 Å². The van der Waals surface area contributed by atoms with Crippen LogP contribution in [0.15, 0.2) is 47.6 Å². The second kappa shape index (κ2) is 7.68. The smallest absolute Gasteiger partial charge is 0.271 e. The van der Waals surface area contributed by atoms with Gasteiger partial charge in [-0.25, -0.2) is 5.43 Å². The molecular weight excluding hydrogens is 361 g/mol. The zero-order valence-corrected chi connectivity index (χ0v) is 14.6. The Bertz CT molecular complexity index is 831. The highest BCUT2D eigenvalue weighted by Gasteiger charge is 2.29. The first kappa shape index (κ1) is 17.5. The first-order valence-corrected chi connectivity index (χ1v) is 8.48. The highest BCUT2D eigenvalue weighted by Crippen LogP contribution is 2.30. The van der Waals surface area contributed by atoms with Gasteiger partial charge in [0.15, 0.2) is 0 Å². The number of carbonyl (C=O) groups is 2. The van der Waals surface area contributed by atoms with E-state index >= 15 is 0 Å². The number of carbonyl (C=O) groups excluding carboxylic acids is 2. The average Bonchev–Trinajstić information content (AvgIpc) is 3.44. The molecule has 0 spiro atoms. The Morgan fingerprint density at radius 3 is 2.48 bits per heavy atom. The topological polar surface area (TPSA) is 70.6 Å². The molecule has 128 valence electrons. The van der Waals surface area contributed by atoms with Gasteiger partial charge < -0.3 is 5.32 Å². The molecular formula is C18H15Cl2N3O2. The second-order valence-corrected chi connectivity index (χ2v) is 6.47. The van der Waals surface area contributed by atoms with Crippen molar-refractivity contribution in [1.29, 1.82) is 0 Å². The Morgan fingerprint density at radius 2 is 1.80 bits per heavy atom. The van der Waals surface area contributed by atoms with E-state index in [1.807, 2.05) is 0 Å². The normalized spacial score (nSPS) is 13.7. The molecule has 1 saturated carbocycles. The van der Waals surface area contributed by atoms with Crippen LogP contribution in [0.3, 0.4) is 0 Å². The summed E-state index contributed by atoms with van der Waals surface area (Å²) < 4.78 is 0. The van der Waals surface area contributed by atoms with E-state index in [0.717, 1.165) is 12.8 Å². The fourth-order valence-electron chi connectivity index (χ4n) is 2.14. The van der Waals surface area contributed by atoms with Gasteiger partial charge in [0.25, 0.3) is 5.91 Å². The molecule has 2 N–H and O–H groups in total. The molecule has 1 aliphatic carbocycles. The molecule has 5 nitrogen and oxygen atoms in total. The fourth-order valence-corrected chi connectivity index (χ4v) is 2.50. The molecule has 0 heterocycles. The molecule has 1 fully saturated rings. The number of hydrazone groups is 1. The van der Waals surface area contributed by atoms with Crippen molar-refractivity contribution in [1.82, 2.24) is 5.43 Å². The molecule has 0 atom stereocenters. The fraction of sp³-hybridized carbons (Fsp3) is 0.167. The van der Waals surface area contributed by atoms with Crippen LogP contribution in [0, 0.1) is 5.92 Å². The van der Waals surface area contributed by atoms with E-state index in [-0.39, 0.29) is 17.7 Å². The zero-order valence-electron chi connectivity index (χ0n) is 13.1. The molecule has 0 bridgehead atoms. The van der Waals surface area contributed by atoms with Gasteiger partial charge >= 0.3 is 0 Å². The summed E-state index contributed by atoms with van der Waals surface area (Å²) in [5.41, 5.74) is 4.13. The number of hydrogen-bond donors (Lipinski definition) is 2. The molecule has 0 radical (unpaired) electrons. The van der Waals surface area contributed by atoms with Gasteiger partial charge in [-0.15, -0.1) is 0 Å². The molecule has 3 rings (SSSR count). The predicted molar refractivity (Wildman–Crippen MR) is 99.3 cm³/mol. The van der Waals surface area contributed by atoms with E-state index in [0.29, 0.717) is 26.9 Å². The van der Waals surface area contributed by atoms with Crippen LogP contribution in [-0.4, -0.2) is 18.0 Å². The first-order chi connectivity index (χ1) is 12.0. The molecule has 0 saturated heterocycles. The van der Waals surface area contributed by atoms with Gasteiger partial charge in [-0.2, -0.15) is 5.10 Å². The van der Waals surface area contributed by atoms with Crippen molar-refractivity contribution >= 4 is 46.9 Å². The molecule has 25 heavy (non-hydrogen) atoms. The molecule has 7 heteroatoms. The van der Waals surface area contributed by atoms with Crippen molar-refractivity contribution in [3.63, 3.8) is 0 Å². The number of nitrogens with one attached hydrogen (secondary N) is 2. The first-order valence-electron chi connectivity index (χ1n) is 7.73. The molecule has 0 aliphatic heterocycles. The van der Waals surface area contributed by atoms with Crippen molar-refractivity contribution in [3.8, 4) is 0 Å². The SMILES string of the molecule is O=C(NN=Cc1cccc(Cl)c1Cl)c1ccc(NC(=O)C2CC2)cc1. The number of halogens is 2. The largest absolute Gasteiger partial charge is 0.326 e. The van der Waals surface area contributed by atoms with Gasteiger partial charge in [0, 0.05) is 22.7 Å². The maximum atomic E-state index is 12.1.